The van der Waals surface area contributed by atoms with Crippen LogP contribution in [0.3, 0.4) is 0 Å². The SMILES string of the molecule is COCC[NH+](CC(=O)NCc1ccc2c(c1)OCO2)CC(=O)Nc1cccc(C)c1C. The molecule has 0 spiro atoms. The number of amides is 2. The second-order valence-corrected chi connectivity index (χ2v) is 7.61. The molecule has 1 unspecified atom stereocenters. The number of benzene rings is 2. The van der Waals surface area contributed by atoms with E-state index in [-0.39, 0.29) is 31.7 Å². The normalized spacial score (nSPS) is 13.0. The molecular formula is C23H30N3O5+. The van der Waals surface area contributed by atoms with Gasteiger partial charge in [-0.05, 0) is 48.7 Å². The molecule has 0 saturated carbocycles. The first-order chi connectivity index (χ1) is 15.0. The maximum absolute atomic E-state index is 12.6. The molecule has 2 aromatic rings. The van der Waals surface area contributed by atoms with Gasteiger partial charge in [0.25, 0.3) is 11.8 Å². The third-order valence-electron chi connectivity index (χ3n) is 5.29. The van der Waals surface area contributed by atoms with E-state index in [2.05, 4.69) is 10.6 Å². The topological polar surface area (TPSA) is 90.3 Å². The Balaban J connectivity index is 1.52. The fraction of sp³-hybridized carbons (Fsp3) is 0.391. The summed E-state index contributed by atoms with van der Waals surface area (Å²) in [6, 6.07) is 11.4. The van der Waals surface area contributed by atoms with Crippen LogP contribution in [-0.2, 0) is 20.9 Å². The third kappa shape index (κ3) is 6.44. The standard InChI is InChI=1S/C23H29N3O5/c1-16-5-4-6-19(17(16)2)25-23(28)14-26(9-10-29-3)13-22(27)24-12-18-7-8-20-21(11-18)31-15-30-20/h4-8,11H,9-10,12-15H2,1-3H3,(H,24,27)(H,25,28)/p+1. The van der Waals surface area contributed by atoms with Crippen molar-refractivity contribution in [3.05, 3.63) is 53.1 Å². The number of ether oxygens (including phenoxy) is 3. The van der Waals surface area contributed by atoms with Crippen molar-refractivity contribution < 1.29 is 28.7 Å². The lowest BCUT2D eigenvalue weighted by Gasteiger charge is -2.19. The molecule has 1 aliphatic rings. The molecule has 2 amide bonds. The molecule has 8 heteroatoms. The predicted octanol–water partition coefficient (Wildman–Crippen LogP) is 0.818. The summed E-state index contributed by atoms with van der Waals surface area (Å²) in [6.45, 7) is 5.93. The monoisotopic (exact) mass is 428 g/mol. The molecule has 0 aromatic heterocycles. The highest BCUT2D eigenvalue weighted by Crippen LogP contribution is 2.32. The van der Waals surface area contributed by atoms with Crippen LogP contribution in [0.1, 0.15) is 16.7 Å². The Labute approximate surface area is 182 Å². The van der Waals surface area contributed by atoms with Gasteiger partial charge in [0.15, 0.2) is 24.6 Å². The average molecular weight is 429 g/mol. The zero-order chi connectivity index (χ0) is 22.2. The van der Waals surface area contributed by atoms with Gasteiger partial charge < -0.3 is 29.7 Å². The van der Waals surface area contributed by atoms with E-state index >= 15 is 0 Å². The summed E-state index contributed by atoms with van der Waals surface area (Å²) < 4.78 is 15.8. The lowest BCUT2D eigenvalue weighted by molar-refractivity contribution is -0.884. The van der Waals surface area contributed by atoms with E-state index < -0.39 is 0 Å². The van der Waals surface area contributed by atoms with Gasteiger partial charge >= 0.3 is 0 Å². The summed E-state index contributed by atoms with van der Waals surface area (Å²) in [6.07, 6.45) is 0. The highest BCUT2D eigenvalue weighted by Gasteiger charge is 2.19. The molecule has 2 aromatic carbocycles. The van der Waals surface area contributed by atoms with Crippen LogP contribution in [0, 0.1) is 13.8 Å². The van der Waals surface area contributed by atoms with Gasteiger partial charge in [0.1, 0.15) is 6.54 Å². The Bertz CT molecular complexity index is 931. The van der Waals surface area contributed by atoms with Gasteiger partial charge in [0.2, 0.25) is 6.79 Å². The van der Waals surface area contributed by atoms with E-state index in [9.17, 15) is 9.59 Å². The van der Waals surface area contributed by atoms with Crippen molar-refractivity contribution in [1.82, 2.24) is 5.32 Å². The van der Waals surface area contributed by atoms with E-state index in [0.29, 0.717) is 31.2 Å². The van der Waals surface area contributed by atoms with Gasteiger partial charge in [-0.1, -0.05) is 18.2 Å². The van der Waals surface area contributed by atoms with Gasteiger partial charge in [-0.15, -0.1) is 0 Å². The number of fused-ring (bicyclic) bond motifs is 1. The molecule has 1 atom stereocenters. The van der Waals surface area contributed by atoms with Crippen LogP contribution in [0.25, 0.3) is 0 Å². The largest absolute Gasteiger partial charge is 0.454 e. The van der Waals surface area contributed by atoms with E-state index in [1.54, 1.807) is 7.11 Å². The van der Waals surface area contributed by atoms with E-state index in [0.717, 1.165) is 27.3 Å². The molecule has 0 fully saturated rings. The minimum atomic E-state index is -0.136. The third-order valence-corrected chi connectivity index (χ3v) is 5.29. The molecule has 8 nitrogen and oxygen atoms in total. The highest BCUT2D eigenvalue weighted by molar-refractivity contribution is 5.92. The van der Waals surface area contributed by atoms with Crippen LogP contribution in [0.2, 0.25) is 0 Å². The molecule has 0 saturated heterocycles. The van der Waals surface area contributed by atoms with Crippen molar-refractivity contribution in [2.24, 2.45) is 0 Å². The van der Waals surface area contributed by atoms with Crippen molar-refractivity contribution in [3.8, 4) is 11.5 Å². The van der Waals surface area contributed by atoms with Crippen LogP contribution < -0.4 is 25.0 Å². The Kier molecular flexibility index (Phi) is 7.86. The van der Waals surface area contributed by atoms with Crippen molar-refractivity contribution in [1.29, 1.82) is 0 Å². The van der Waals surface area contributed by atoms with Gasteiger partial charge in [0, 0.05) is 19.3 Å². The molecule has 1 heterocycles. The number of quaternary nitrogens is 1. The minimum absolute atomic E-state index is 0.136. The Morgan fingerprint density at radius 2 is 1.84 bits per heavy atom. The smallest absolute Gasteiger partial charge is 0.279 e. The Morgan fingerprint density at radius 1 is 1.06 bits per heavy atom. The summed E-state index contributed by atoms with van der Waals surface area (Å²) in [7, 11) is 1.60. The minimum Gasteiger partial charge on any atom is -0.454 e. The zero-order valence-electron chi connectivity index (χ0n) is 18.2. The first kappa shape index (κ1) is 22.6. The second-order valence-electron chi connectivity index (χ2n) is 7.61. The van der Waals surface area contributed by atoms with Crippen LogP contribution in [0.5, 0.6) is 11.5 Å². The lowest BCUT2D eigenvalue weighted by Crippen LogP contribution is -3.14. The fourth-order valence-electron chi connectivity index (χ4n) is 3.33. The highest BCUT2D eigenvalue weighted by atomic mass is 16.7. The molecule has 1 aliphatic heterocycles. The number of carbonyl (C=O) groups excluding carboxylic acids is 2. The first-order valence-electron chi connectivity index (χ1n) is 10.3. The number of carbonyl (C=O) groups is 2. The molecule has 0 radical (unpaired) electrons. The molecule has 3 rings (SSSR count). The predicted molar refractivity (Wildman–Crippen MR) is 116 cm³/mol. The summed E-state index contributed by atoms with van der Waals surface area (Å²) in [5.74, 6) is 1.12. The Hall–Kier alpha value is -3.10. The van der Waals surface area contributed by atoms with E-state index in [1.807, 2.05) is 50.2 Å². The first-order valence-corrected chi connectivity index (χ1v) is 10.3. The number of rotatable bonds is 10. The van der Waals surface area contributed by atoms with Crippen LogP contribution >= 0.6 is 0 Å². The Morgan fingerprint density at radius 3 is 2.65 bits per heavy atom. The van der Waals surface area contributed by atoms with Crippen LogP contribution in [-0.4, -0.2) is 52.0 Å². The summed E-state index contributed by atoms with van der Waals surface area (Å²) >= 11 is 0. The molecule has 0 aliphatic carbocycles. The van der Waals surface area contributed by atoms with Crippen molar-refractivity contribution in [2.75, 3.05) is 45.5 Å². The van der Waals surface area contributed by atoms with Crippen molar-refractivity contribution in [2.45, 2.75) is 20.4 Å². The number of hydrogen-bond donors (Lipinski definition) is 3. The van der Waals surface area contributed by atoms with Gasteiger partial charge in [-0.3, -0.25) is 9.59 Å². The van der Waals surface area contributed by atoms with E-state index in [4.69, 9.17) is 14.2 Å². The molecular weight excluding hydrogens is 398 g/mol. The lowest BCUT2D eigenvalue weighted by atomic mass is 10.1. The maximum Gasteiger partial charge on any atom is 0.279 e. The van der Waals surface area contributed by atoms with E-state index in [1.165, 1.54) is 0 Å². The van der Waals surface area contributed by atoms with Crippen molar-refractivity contribution >= 4 is 17.5 Å². The molecule has 3 N–H and O–H groups in total. The number of methoxy groups -OCH3 is 1. The second kappa shape index (κ2) is 10.8. The zero-order valence-corrected chi connectivity index (χ0v) is 18.2. The van der Waals surface area contributed by atoms with Crippen molar-refractivity contribution in [3.63, 3.8) is 0 Å². The number of anilines is 1. The maximum atomic E-state index is 12.6. The van der Waals surface area contributed by atoms with Crippen LogP contribution in [0.4, 0.5) is 5.69 Å². The number of nitrogens with one attached hydrogen (secondary N) is 3. The number of hydrogen-bond acceptors (Lipinski definition) is 5. The van der Waals surface area contributed by atoms with Crippen LogP contribution in [0.15, 0.2) is 36.4 Å². The van der Waals surface area contributed by atoms with Gasteiger partial charge in [-0.2, -0.15) is 0 Å². The molecule has 31 heavy (non-hydrogen) atoms. The summed E-state index contributed by atoms with van der Waals surface area (Å²) in [5, 5.41) is 5.86. The van der Waals surface area contributed by atoms with Gasteiger partial charge in [0.05, 0.1) is 6.61 Å². The fourth-order valence-corrected chi connectivity index (χ4v) is 3.33. The van der Waals surface area contributed by atoms with Gasteiger partial charge in [-0.25, -0.2) is 0 Å². The average Bonchev–Trinajstić information content (AvgIpc) is 3.21. The quantitative estimate of drug-likeness (QED) is 0.521. The number of aryl methyl sites for hydroxylation is 1. The summed E-state index contributed by atoms with van der Waals surface area (Å²) in [5.41, 5.74) is 3.87. The molecule has 166 valence electrons. The molecule has 0 bridgehead atoms. The summed E-state index contributed by atoms with van der Waals surface area (Å²) in [4.78, 5) is 25.9.